The lowest BCUT2D eigenvalue weighted by Crippen LogP contribution is -2.47. The van der Waals surface area contributed by atoms with Gasteiger partial charge in [-0.05, 0) is 42.5 Å². The van der Waals surface area contributed by atoms with Crippen LogP contribution in [0.15, 0.2) is 54.6 Å². The lowest BCUT2D eigenvalue weighted by Gasteiger charge is -2.39. The molecule has 1 atom stereocenters. The summed E-state index contributed by atoms with van der Waals surface area (Å²) in [7, 11) is 0. The number of aliphatic hydroxyl groups is 1. The first-order valence-electron chi connectivity index (χ1n) is 8.77. The van der Waals surface area contributed by atoms with Gasteiger partial charge in [-0.3, -0.25) is 4.79 Å². The Morgan fingerprint density at radius 3 is 2.62 bits per heavy atom. The number of amides is 1. The minimum atomic E-state index is -1.16. The Balaban J connectivity index is 1.79. The summed E-state index contributed by atoms with van der Waals surface area (Å²) >= 11 is 0. The standard InChI is InChI=1S/C21H22N2O3/c22-14-16-5-4-6-17(13-16)20(24)23-15-21(25,18-7-2-1-3-8-18)19-9-11-26-12-10-19/h1-8,13,19,25H,9-12,15H2,(H,23,24)/t21-/m1/s1. The predicted octanol–water partition coefficient (Wildman–Crippen LogP) is 2.60. The van der Waals surface area contributed by atoms with Crippen molar-refractivity contribution < 1.29 is 14.6 Å². The molecule has 5 nitrogen and oxygen atoms in total. The first-order valence-corrected chi connectivity index (χ1v) is 8.77. The Bertz CT molecular complexity index is 794. The van der Waals surface area contributed by atoms with Crippen molar-refractivity contribution >= 4 is 5.91 Å². The molecular formula is C21H22N2O3. The fraction of sp³-hybridized carbons (Fsp3) is 0.333. The molecular weight excluding hydrogens is 328 g/mol. The molecule has 0 spiro atoms. The van der Waals surface area contributed by atoms with Crippen molar-refractivity contribution in [2.75, 3.05) is 19.8 Å². The van der Waals surface area contributed by atoms with Crippen LogP contribution in [0.3, 0.4) is 0 Å². The number of hydrogen-bond acceptors (Lipinski definition) is 4. The molecule has 1 heterocycles. The van der Waals surface area contributed by atoms with Crippen LogP contribution in [0.2, 0.25) is 0 Å². The number of ether oxygens (including phenoxy) is 1. The first-order chi connectivity index (χ1) is 12.6. The van der Waals surface area contributed by atoms with E-state index in [1.165, 1.54) is 0 Å². The van der Waals surface area contributed by atoms with Crippen LogP contribution in [-0.2, 0) is 10.3 Å². The maximum absolute atomic E-state index is 12.5. The van der Waals surface area contributed by atoms with E-state index >= 15 is 0 Å². The summed E-state index contributed by atoms with van der Waals surface area (Å²) in [5.74, 6) is -0.298. The van der Waals surface area contributed by atoms with Crippen LogP contribution in [0.1, 0.15) is 34.3 Å². The van der Waals surface area contributed by atoms with Gasteiger partial charge in [-0.15, -0.1) is 0 Å². The average Bonchev–Trinajstić information content (AvgIpc) is 2.73. The van der Waals surface area contributed by atoms with E-state index in [0.717, 1.165) is 18.4 Å². The summed E-state index contributed by atoms with van der Waals surface area (Å²) in [5, 5.41) is 23.3. The second-order valence-corrected chi connectivity index (χ2v) is 6.55. The van der Waals surface area contributed by atoms with Gasteiger partial charge in [0.2, 0.25) is 0 Å². The zero-order valence-corrected chi connectivity index (χ0v) is 14.5. The molecule has 0 saturated carbocycles. The SMILES string of the molecule is N#Cc1cccc(C(=O)NC[C@@](O)(c2ccccc2)C2CCOCC2)c1. The van der Waals surface area contributed by atoms with E-state index in [-0.39, 0.29) is 18.4 Å². The van der Waals surface area contributed by atoms with Crippen LogP contribution in [-0.4, -0.2) is 30.8 Å². The molecule has 1 aliphatic heterocycles. The molecule has 1 fully saturated rings. The van der Waals surface area contributed by atoms with Gasteiger partial charge < -0.3 is 15.2 Å². The zero-order valence-electron chi connectivity index (χ0n) is 14.5. The molecule has 0 aliphatic carbocycles. The van der Waals surface area contributed by atoms with Crippen LogP contribution in [0, 0.1) is 17.2 Å². The van der Waals surface area contributed by atoms with Gasteiger partial charge in [0, 0.05) is 18.8 Å². The number of nitrogens with one attached hydrogen (secondary N) is 1. The van der Waals surface area contributed by atoms with E-state index in [2.05, 4.69) is 5.32 Å². The molecule has 1 aliphatic rings. The van der Waals surface area contributed by atoms with Gasteiger partial charge in [0.1, 0.15) is 5.60 Å². The lowest BCUT2D eigenvalue weighted by molar-refractivity contribution is -0.0680. The largest absolute Gasteiger partial charge is 0.383 e. The van der Waals surface area contributed by atoms with Crippen molar-refractivity contribution in [3.63, 3.8) is 0 Å². The van der Waals surface area contributed by atoms with Crippen LogP contribution in [0.4, 0.5) is 0 Å². The fourth-order valence-corrected chi connectivity index (χ4v) is 3.43. The summed E-state index contributed by atoms with van der Waals surface area (Å²) in [6, 6.07) is 18.0. The highest BCUT2D eigenvalue weighted by Gasteiger charge is 2.39. The third-order valence-corrected chi connectivity index (χ3v) is 4.94. The second kappa shape index (κ2) is 8.13. The Kier molecular flexibility index (Phi) is 5.67. The van der Waals surface area contributed by atoms with Crippen molar-refractivity contribution in [3.8, 4) is 6.07 Å². The van der Waals surface area contributed by atoms with E-state index in [1.54, 1.807) is 24.3 Å². The number of rotatable bonds is 5. The summed E-state index contributed by atoms with van der Waals surface area (Å²) in [6.45, 7) is 1.33. The Morgan fingerprint density at radius 2 is 1.92 bits per heavy atom. The van der Waals surface area contributed by atoms with E-state index in [1.807, 2.05) is 36.4 Å². The third kappa shape index (κ3) is 3.93. The quantitative estimate of drug-likeness (QED) is 0.868. The molecule has 5 heteroatoms. The minimum absolute atomic E-state index is 0.00407. The highest BCUT2D eigenvalue weighted by atomic mass is 16.5. The zero-order chi connectivity index (χ0) is 18.4. The molecule has 2 aromatic rings. The minimum Gasteiger partial charge on any atom is -0.383 e. The molecule has 26 heavy (non-hydrogen) atoms. The Morgan fingerprint density at radius 1 is 1.19 bits per heavy atom. The maximum atomic E-state index is 12.5. The van der Waals surface area contributed by atoms with Crippen LogP contribution < -0.4 is 5.32 Å². The van der Waals surface area contributed by atoms with E-state index in [0.29, 0.717) is 24.3 Å². The van der Waals surface area contributed by atoms with E-state index in [9.17, 15) is 9.90 Å². The fourth-order valence-electron chi connectivity index (χ4n) is 3.43. The smallest absolute Gasteiger partial charge is 0.251 e. The van der Waals surface area contributed by atoms with Gasteiger partial charge in [0.15, 0.2) is 0 Å². The summed E-state index contributed by atoms with van der Waals surface area (Å²) in [4.78, 5) is 12.5. The molecule has 0 bridgehead atoms. The summed E-state index contributed by atoms with van der Waals surface area (Å²) in [6.07, 6.45) is 1.48. The number of nitriles is 1. The number of nitrogens with zero attached hydrogens (tertiary/aromatic N) is 1. The van der Waals surface area contributed by atoms with Crippen LogP contribution in [0.25, 0.3) is 0 Å². The number of carbonyl (C=O) groups is 1. The van der Waals surface area contributed by atoms with Crippen molar-refractivity contribution in [1.29, 1.82) is 5.26 Å². The Hall–Kier alpha value is -2.68. The molecule has 1 saturated heterocycles. The molecule has 1 amide bonds. The van der Waals surface area contributed by atoms with Crippen molar-refractivity contribution in [2.24, 2.45) is 5.92 Å². The number of benzene rings is 2. The van der Waals surface area contributed by atoms with Gasteiger partial charge in [-0.2, -0.15) is 5.26 Å². The molecule has 0 radical (unpaired) electrons. The van der Waals surface area contributed by atoms with Crippen LogP contribution in [0.5, 0.6) is 0 Å². The predicted molar refractivity (Wildman–Crippen MR) is 97.4 cm³/mol. The van der Waals surface area contributed by atoms with Crippen molar-refractivity contribution in [1.82, 2.24) is 5.32 Å². The molecule has 2 N–H and O–H groups in total. The summed E-state index contributed by atoms with van der Waals surface area (Å²) in [5.41, 5.74) is 0.470. The summed E-state index contributed by atoms with van der Waals surface area (Å²) < 4.78 is 5.42. The third-order valence-electron chi connectivity index (χ3n) is 4.94. The normalized spacial score (nSPS) is 17.1. The molecule has 0 unspecified atom stereocenters. The highest BCUT2D eigenvalue weighted by molar-refractivity contribution is 5.94. The molecule has 0 aromatic heterocycles. The van der Waals surface area contributed by atoms with Gasteiger partial charge >= 0.3 is 0 Å². The average molecular weight is 350 g/mol. The van der Waals surface area contributed by atoms with Gasteiger partial charge in [0.25, 0.3) is 5.91 Å². The van der Waals surface area contributed by atoms with Crippen molar-refractivity contribution in [2.45, 2.75) is 18.4 Å². The van der Waals surface area contributed by atoms with E-state index < -0.39 is 5.60 Å². The maximum Gasteiger partial charge on any atom is 0.251 e. The molecule has 3 rings (SSSR count). The topological polar surface area (TPSA) is 82.4 Å². The number of hydrogen-bond donors (Lipinski definition) is 2. The van der Waals surface area contributed by atoms with Gasteiger partial charge in [-0.25, -0.2) is 0 Å². The highest BCUT2D eigenvalue weighted by Crippen LogP contribution is 2.35. The van der Waals surface area contributed by atoms with Crippen molar-refractivity contribution in [3.05, 3.63) is 71.3 Å². The second-order valence-electron chi connectivity index (χ2n) is 6.55. The monoisotopic (exact) mass is 350 g/mol. The lowest BCUT2D eigenvalue weighted by atomic mass is 9.77. The molecule has 2 aromatic carbocycles. The molecule has 134 valence electrons. The Labute approximate surface area is 153 Å². The van der Waals surface area contributed by atoms with Gasteiger partial charge in [0.05, 0.1) is 18.2 Å². The van der Waals surface area contributed by atoms with Crippen LogP contribution >= 0.6 is 0 Å². The number of carbonyl (C=O) groups excluding carboxylic acids is 1. The first kappa shape index (κ1) is 18.1. The van der Waals surface area contributed by atoms with E-state index in [4.69, 9.17) is 10.00 Å². The van der Waals surface area contributed by atoms with Gasteiger partial charge in [-0.1, -0.05) is 36.4 Å².